The molecule has 0 bridgehead atoms. The second kappa shape index (κ2) is 5.33. The SMILES string of the molecule is C[C@@H](N[C@H]1CCCC(F)(F)[C@@H]1O)c1ccccc1. The molecule has 1 aromatic carbocycles. The first kappa shape index (κ1) is 13.4. The van der Waals surface area contributed by atoms with Crippen LogP contribution in [0.1, 0.15) is 37.8 Å². The molecule has 0 heterocycles. The molecule has 0 radical (unpaired) electrons. The molecule has 0 amide bonds. The number of alkyl halides is 2. The van der Waals surface area contributed by atoms with Gasteiger partial charge in [0, 0.05) is 18.5 Å². The molecule has 0 aromatic heterocycles. The molecule has 18 heavy (non-hydrogen) atoms. The van der Waals surface area contributed by atoms with E-state index in [4.69, 9.17) is 0 Å². The van der Waals surface area contributed by atoms with E-state index in [1.54, 1.807) is 0 Å². The summed E-state index contributed by atoms with van der Waals surface area (Å²) in [4.78, 5) is 0. The van der Waals surface area contributed by atoms with Crippen LogP contribution in [-0.2, 0) is 0 Å². The number of rotatable bonds is 3. The van der Waals surface area contributed by atoms with Crippen LogP contribution in [0, 0.1) is 0 Å². The van der Waals surface area contributed by atoms with E-state index in [0.29, 0.717) is 12.8 Å². The highest BCUT2D eigenvalue weighted by atomic mass is 19.3. The number of aliphatic hydroxyl groups excluding tert-OH is 1. The fraction of sp³-hybridized carbons (Fsp3) is 0.571. The summed E-state index contributed by atoms with van der Waals surface area (Å²) in [5.41, 5.74) is 1.04. The summed E-state index contributed by atoms with van der Waals surface area (Å²) in [7, 11) is 0. The molecule has 0 spiro atoms. The predicted molar refractivity (Wildman–Crippen MR) is 66.6 cm³/mol. The summed E-state index contributed by atoms with van der Waals surface area (Å²) in [5, 5.41) is 12.8. The smallest absolute Gasteiger partial charge is 0.274 e. The molecule has 2 N–H and O–H groups in total. The molecule has 2 nitrogen and oxygen atoms in total. The molecule has 0 unspecified atom stereocenters. The third-order valence-electron chi connectivity index (χ3n) is 3.60. The average molecular weight is 255 g/mol. The van der Waals surface area contributed by atoms with Gasteiger partial charge in [0.2, 0.25) is 0 Å². The van der Waals surface area contributed by atoms with Crippen LogP contribution in [0.5, 0.6) is 0 Å². The van der Waals surface area contributed by atoms with Gasteiger partial charge in [0.05, 0.1) is 0 Å². The van der Waals surface area contributed by atoms with Gasteiger partial charge >= 0.3 is 0 Å². The Morgan fingerprint density at radius 2 is 2.00 bits per heavy atom. The lowest BCUT2D eigenvalue weighted by atomic mass is 9.88. The number of hydrogen-bond acceptors (Lipinski definition) is 2. The molecule has 1 fully saturated rings. The first-order chi connectivity index (χ1) is 8.50. The molecule has 1 aliphatic carbocycles. The Hall–Kier alpha value is -1.00. The predicted octanol–water partition coefficient (Wildman–Crippen LogP) is 2.89. The lowest BCUT2D eigenvalue weighted by Gasteiger charge is -2.36. The normalized spacial score (nSPS) is 28.9. The van der Waals surface area contributed by atoms with Crippen molar-refractivity contribution < 1.29 is 13.9 Å². The van der Waals surface area contributed by atoms with Crippen molar-refractivity contribution >= 4 is 0 Å². The van der Waals surface area contributed by atoms with Crippen molar-refractivity contribution in [1.29, 1.82) is 0 Å². The highest BCUT2D eigenvalue weighted by Crippen LogP contribution is 2.34. The van der Waals surface area contributed by atoms with Crippen LogP contribution >= 0.6 is 0 Å². The maximum atomic E-state index is 13.4. The van der Waals surface area contributed by atoms with Gasteiger partial charge in [-0.2, -0.15) is 0 Å². The minimum atomic E-state index is -2.97. The van der Waals surface area contributed by atoms with Crippen LogP contribution < -0.4 is 5.32 Å². The zero-order valence-corrected chi connectivity index (χ0v) is 10.4. The van der Waals surface area contributed by atoms with Crippen molar-refractivity contribution in [3.05, 3.63) is 35.9 Å². The van der Waals surface area contributed by atoms with E-state index in [9.17, 15) is 13.9 Å². The second-order valence-corrected chi connectivity index (χ2v) is 5.00. The van der Waals surface area contributed by atoms with Crippen molar-refractivity contribution in [1.82, 2.24) is 5.32 Å². The van der Waals surface area contributed by atoms with Crippen molar-refractivity contribution in [2.75, 3.05) is 0 Å². The fourth-order valence-electron chi connectivity index (χ4n) is 2.49. The second-order valence-electron chi connectivity index (χ2n) is 5.00. The highest BCUT2D eigenvalue weighted by Gasteiger charge is 2.46. The highest BCUT2D eigenvalue weighted by molar-refractivity contribution is 5.18. The fourth-order valence-corrected chi connectivity index (χ4v) is 2.49. The minimum absolute atomic E-state index is 0.0419. The molecule has 100 valence electrons. The summed E-state index contributed by atoms with van der Waals surface area (Å²) in [6.45, 7) is 1.93. The van der Waals surface area contributed by atoms with E-state index in [-0.39, 0.29) is 12.5 Å². The van der Waals surface area contributed by atoms with Gasteiger partial charge < -0.3 is 10.4 Å². The van der Waals surface area contributed by atoms with Crippen molar-refractivity contribution in [2.45, 2.75) is 50.3 Å². The molecular formula is C14H19F2NO. The molecule has 1 aliphatic rings. The lowest BCUT2D eigenvalue weighted by molar-refractivity contribution is -0.144. The summed E-state index contributed by atoms with van der Waals surface area (Å²) < 4.78 is 26.8. The van der Waals surface area contributed by atoms with Gasteiger partial charge in [0.15, 0.2) is 0 Å². The Kier molecular flexibility index (Phi) is 3.97. The molecule has 1 saturated carbocycles. The van der Waals surface area contributed by atoms with E-state index < -0.39 is 18.1 Å². The quantitative estimate of drug-likeness (QED) is 0.870. The van der Waals surface area contributed by atoms with Gasteiger partial charge in [0.25, 0.3) is 5.92 Å². The topological polar surface area (TPSA) is 32.3 Å². The molecule has 0 aliphatic heterocycles. The van der Waals surface area contributed by atoms with E-state index >= 15 is 0 Å². The zero-order valence-electron chi connectivity index (χ0n) is 10.4. The zero-order chi connectivity index (χ0) is 13.2. The van der Waals surface area contributed by atoms with Crippen LogP contribution in [0.25, 0.3) is 0 Å². The third kappa shape index (κ3) is 2.87. The summed E-state index contributed by atoms with van der Waals surface area (Å²) in [6.07, 6.45) is -0.763. The van der Waals surface area contributed by atoms with Crippen LogP contribution in [0.15, 0.2) is 30.3 Å². The third-order valence-corrected chi connectivity index (χ3v) is 3.60. The number of halogens is 2. The average Bonchev–Trinajstić information content (AvgIpc) is 2.36. The standard InChI is InChI=1S/C14H19F2NO/c1-10(11-6-3-2-4-7-11)17-12-8-5-9-14(15,16)13(12)18/h2-4,6-7,10,12-13,17-18H,5,8-9H2,1H3/t10-,12+,13-/m1/s1. The first-order valence-electron chi connectivity index (χ1n) is 6.37. The van der Waals surface area contributed by atoms with Crippen molar-refractivity contribution in [3.63, 3.8) is 0 Å². The molecule has 0 saturated heterocycles. The summed E-state index contributed by atoms with van der Waals surface area (Å²) >= 11 is 0. The van der Waals surface area contributed by atoms with Gasteiger partial charge in [-0.05, 0) is 25.3 Å². The van der Waals surface area contributed by atoms with Gasteiger partial charge in [-0.15, -0.1) is 0 Å². The Labute approximate surface area is 106 Å². The van der Waals surface area contributed by atoms with Gasteiger partial charge in [-0.1, -0.05) is 30.3 Å². The van der Waals surface area contributed by atoms with Crippen LogP contribution in [0.4, 0.5) is 8.78 Å². The first-order valence-corrected chi connectivity index (χ1v) is 6.37. The van der Waals surface area contributed by atoms with E-state index in [2.05, 4.69) is 5.32 Å². The van der Waals surface area contributed by atoms with Gasteiger partial charge in [0.1, 0.15) is 6.10 Å². The summed E-state index contributed by atoms with van der Waals surface area (Å²) in [5.74, 6) is -2.97. The minimum Gasteiger partial charge on any atom is -0.385 e. The molecule has 1 aromatic rings. The number of nitrogens with one attached hydrogen (secondary N) is 1. The molecule has 3 atom stereocenters. The Balaban J connectivity index is 2.01. The van der Waals surface area contributed by atoms with Gasteiger partial charge in [-0.25, -0.2) is 8.78 Å². The van der Waals surface area contributed by atoms with E-state index in [1.165, 1.54) is 0 Å². The monoisotopic (exact) mass is 255 g/mol. The lowest BCUT2D eigenvalue weighted by Crippen LogP contribution is -2.53. The van der Waals surface area contributed by atoms with E-state index in [1.807, 2.05) is 37.3 Å². The molecule has 4 heteroatoms. The maximum Gasteiger partial charge on any atom is 0.274 e. The Morgan fingerprint density at radius 1 is 1.33 bits per heavy atom. The number of aliphatic hydroxyl groups is 1. The Morgan fingerprint density at radius 3 is 2.67 bits per heavy atom. The van der Waals surface area contributed by atoms with Crippen LogP contribution in [0.3, 0.4) is 0 Å². The molecular weight excluding hydrogens is 236 g/mol. The van der Waals surface area contributed by atoms with Crippen molar-refractivity contribution in [3.8, 4) is 0 Å². The van der Waals surface area contributed by atoms with Crippen molar-refractivity contribution in [2.24, 2.45) is 0 Å². The summed E-state index contributed by atoms with van der Waals surface area (Å²) in [6, 6.07) is 9.07. The molecule has 2 rings (SSSR count). The van der Waals surface area contributed by atoms with E-state index in [0.717, 1.165) is 5.56 Å². The maximum absolute atomic E-state index is 13.4. The Bertz CT molecular complexity index is 383. The number of benzene rings is 1. The largest absolute Gasteiger partial charge is 0.385 e. The van der Waals surface area contributed by atoms with Gasteiger partial charge in [-0.3, -0.25) is 0 Å². The number of hydrogen-bond donors (Lipinski definition) is 2. The van der Waals surface area contributed by atoms with Crippen LogP contribution in [0.2, 0.25) is 0 Å². The van der Waals surface area contributed by atoms with Crippen LogP contribution in [-0.4, -0.2) is 23.2 Å².